The first-order valence-electron chi connectivity index (χ1n) is 8.13. The van der Waals surface area contributed by atoms with Gasteiger partial charge in [0.05, 0.1) is 0 Å². The third-order valence-corrected chi connectivity index (χ3v) is 4.24. The van der Waals surface area contributed by atoms with E-state index >= 15 is 0 Å². The molecule has 2 aromatic rings. The predicted octanol–water partition coefficient (Wildman–Crippen LogP) is 1.19. The fourth-order valence-corrected chi connectivity index (χ4v) is 2.93. The van der Waals surface area contributed by atoms with Crippen LogP contribution in [0.2, 0.25) is 0 Å². The fraction of sp³-hybridized carbons (Fsp3) is 0.500. The van der Waals surface area contributed by atoms with Crippen molar-refractivity contribution in [2.24, 2.45) is 0 Å². The van der Waals surface area contributed by atoms with Gasteiger partial charge in [0.15, 0.2) is 0 Å². The number of halogens is 2. The Bertz CT molecular complexity index is 686. The highest BCUT2D eigenvalue weighted by atomic mass is 35.5. The standard InChI is InChI=1S/C16H21FN6O.ClH/c1-11-20-21-22-23(11)15(9-12-4-6-13(17)7-5-12)16(24)19-14-3-2-8-18-10-14;/h4-7,14-15,18H,2-3,8-10H2,1H3,(H,19,24);1H/t14-,15?;/m0./s1. The third kappa shape index (κ3) is 4.96. The maximum Gasteiger partial charge on any atom is 0.245 e. The van der Waals surface area contributed by atoms with Crippen molar-refractivity contribution in [2.45, 2.75) is 38.3 Å². The van der Waals surface area contributed by atoms with E-state index in [-0.39, 0.29) is 30.2 Å². The van der Waals surface area contributed by atoms with Gasteiger partial charge in [0.25, 0.3) is 0 Å². The number of carbonyl (C=O) groups excluding carboxylic acids is 1. The van der Waals surface area contributed by atoms with E-state index in [1.807, 2.05) is 0 Å². The molecule has 0 bridgehead atoms. The van der Waals surface area contributed by atoms with Crippen molar-refractivity contribution < 1.29 is 9.18 Å². The van der Waals surface area contributed by atoms with Crippen LogP contribution in [0, 0.1) is 12.7 Å². The Kier molecular flexibility index (Phi) is 6.83. The van der Waals surface area contributed by atoms with Gasteiger partial charge in [-0.15, -0.1) is 17.5 Å². The highest BCUT2D eigenvalue weighted by Gasteiger charge is 2.26. The van der Waals surface area contributed by atoms with Crippen molar-refractivity contribution >= 4 is 18.3 Å². The molecule has 1 saturated heterocycles. The molecule has 2 atom stereocenters. The van der Waals surface area contributed by atoms with Crippen molar-refractivity contribution in [3.63, 3.8) is 0 Å². The first-order chi connectivity index (χ1) is 11.6. The van der Waals surface area contributed by atoms with Crippen LogP contribution in [-0.2, 0) is 11.2 Å². The highest BCUT2D eigenvalue weighted by Crippen LogP contribution is 2.16. The van der Waals surface area contributed by atoms with Gasteiger partial charge in [0, 0.05) is 19.0 Å². The molecule has 1 aromatic heterocycles. The van der Waals surface area contributed by atoms with Crippen molar-refractivity contribution in [2.75, 3.05) is 13.1 Å². The number of amides is 1. The van der Waals surface area contributed by atoms with Gasteiger partial charge in [-0.2, -0.15) is 0 Å². The van der Waals surface area contributed by atoms with Crippen LogP contribution >= 0.6 is 12.4 Å². The maximum atomic E-state index is 13.1. The number of aryl methyl sites for hydroxylation is 1. The lowest BCUT2D eigenvalue weighted by molar-refractivity contribution is -0.125. The van der Waals surface area contributed by atoms with E-state index in [1.165, 1.54) is 16.8 Å². The molecule has 136 valence electrons. The zero-order valence-electron chi connectivity index (χ0n) is 14.0. The Hall–Kier alpha value is -2.06. The molecule has 7 nitrogen and oxygen atoms in total. The molecule has 0 radical (unpaired) electrons. The summed E-state index contributed by atoms with van der Waals surface area (Å²) in [7, 11) is 0. The van der Waals surface area contributed by atoms with Gasteiger partial charge >= 0.3 is 0 Å². The Balaban J connectivity index is 0.00000225. The molecule has 1 fully saturated rings. The number of carbonyl (C=O) groups is 1. The lowest BCUT2D eigenvalue weighted by Crippen LogP contribution is -2.48. The number of tetrazole rings is 1. The zero-order chi connectivity index (χ0) is 16.9. The van der Waals surface area contributed by atoms with Gasteiger partial charge in [-0.05, 0) is 54.4 Å². The first kappa shape index (κ1) is 19.3. The summed E-state index contributed by atoms with van der Waals surface area (Å²) in [5, 5.41) is 17.8. The fourth-order valence-electron chi connectivity index (χ4n) is 2.93. The van der Waals surface area contributed by atoms with Gasteiger partial charge in [-0.3, -0.25) is 4.79 Å². The van der Waals surface area contributed by atoms with Gasteiger partial charge in [0.2, 0.25) is 5.91 Å². The average molecular weight is 369 g/mol. The number of hydrogen-bond acceptors (Lipinski definition) is 5. The van der Waals surface area contributed by atoms with Crippen LogP contribution in [0.1, 0.15) is 30.3 Å². The van der Waals surface area contributed by atoms with Gasteiger partial charge in [-0.25, -0.2) is 9.07 Å². The molecule has 0 spiro atoms. The summed E-state index contributed by atoms with van der Waals surface area (Å²) in [6.45, 7) is 3.51. The maximum absolute atomic E-state index is 13.1. The molecule has 2 heterocycles. The van der Waals surface area contributed by atoms with Gasteiger partial charge in [-0.1, -0.05) is 12.1 Å². The summed E-state index contributed by atoms with van der Waals surface area (Å²) in [6.07, 6.45) is 2.40. The summed E-state index contributed by atoms with van der Waals surface area (Å²) in [5.41, 5.74) is 0.855. The smallest absolute Gasteiger partial charge is 0.245 e. The number of aromatic nitrogens is 4. The largest absolute Gasteiger partial charge is 0.350 e. The third-order valence-electron chi connectivity index (χ3n) is 4.24. The zero-order valence-corrected chi connectivity index (χ0v) is 14.8. The second-order valence-corrected chi connectivity index (χ2v) is 6.07. The number of hydrogen-bond donors (Lipinski definition) is 2. The van der Waals surface area contributed by atoms with E-state index in [4.69, 9.17) is 0 Å². The number of nitrogens with one attached hydrogen (secondary N) is 2. The summed E-state index contributed by atoms with van der Waals surface area (Å²) >= 11 is 0. The Morgan fingerprint density at radius 2 is 2.20 bits per heavy atom. The molecule has 0 saturated carbocycles. The Labute approximate surface area is 151 Å². The van der Waals surface area contributed by atoms with E-state index in [1.54, 1.807) is 19.1 Å². The summed E-state index contributed by atoms with van der Waals surface area (Å²) < 4.78 is 14.6. The lowest BCUT2D eigenvalue weighted by atomic mass is 10.0. The van der Waals surface area contributed by atoms with Crippen molar-refractivity contribution in [3.05, 3.63) is 41.5 Å². The molecular formula is C16H22ClFN6O. The average Bonchev–Trinajstić information content (AvgIpc) is 3.01. The number of rotatable bonds is 5. The lowest BCUT2D eigenvalue weighted by Gasteiger charge is -2.26. The Morgan fingerprint density at radius 1 is 1.44 bits per heavy atom. The predicted molar refractivity (Wildman–Crippen MR) is 93.0 cm³/mol. The van der Waals surface area contributed by atoms with Crippen LogP contribution in [0.3, 0.4) is 0 Å². The number of nitrogens with zero attached hydrogens (tertiary/aromatic N) is 4. The molecule has 1 unspecified atom stereocenters. The van der Waals surface area contributed by atoms with Gasteiger partial charge in [0.1, 0.15) is 17.7 Å². The molecule has 2 N–H and O–H groups in total. The molecule has 3 rings (SSSR count). The second-order valence-electron chi connectivity index (χ2n) is 6.07. The SMILES string of the molecule is Cc1nnnn1C(Cc1ccc(F)cc1)C(=O)N[C@H]1CCCNC1.Cl. The molecular weight excluding hydrogens is 347 g/mol. The Morgan fingerprint density at radius 3 is 2.80 bits per heavy atom. The molecule has 1 aliphatic heterocycles. The first-order valence-corrected chi connectivity index (χ1v) is 8.13. The topological polar surface area (TPSA) is 84.7 Å². The number of benzene rings is 1. The van der Waals surface area contributed by atoms with Crippen molar-refractivity contribution in [1.29, 1.82) is 0 Å². The summed E-state index contributed by atoms with van der Waals surface area (Å²) in [4.78, 5) is 12.8. The van der Waals surface area contributed by atoms with E-state index < -0.39 is 6.04 Å². The van der Waals surface area contributed by atoms with Crippen molar-refractivity contribution in [3.8, 4) is 0 Å². The highest BCUT2D eigenvalue weighted by molar-refractivity contribution is 5.85. The minimum atomic E-state index is -0.563. The van der Waals surface area contributed by atoms with Crippen molar-refractivity contribution in [1.82, 2.24) is 30.8 Å². The molecule has 1 aromatic carbocycles. The molecule has 0 aliphatic carbocycles. The van der Waals surface area contributed by atoms with Crippen LogP contribution in [0.4, 0.5) is 4.39 Å². The number of piperidine rings is 1. The molecule has 25 heavy (non-hydrogen) atoms. The van der Waals surface area contributed by atoms with Crippen LogP contribution in [0.15, 0.2) is 24.3 Å². The monoisotopic (exact) mass is 368 g/mol. The molecule has 9 heteroatoms. The summed E-state index contributed by atoms with van der Waals surface area (Å²) in [5.74, 6) is 0.147. The quantitative estimate of drug-likeness (QED) is 0.828. The minimum absolute atomic E-state index is 0. The van der Waals surface area contributed by atoms with E-state index in [0.29, 0.717) is 12.2 Å². The normalized spacial score (nSPS) is 18.2. The van der Waals surface area contributed by atoms with E-state index in [9.17, 15) is 9.18 Å². The minimum Gasteiger partial charge on any atom is -0.350 e. The second kappa shape index (κ2) is 8.87. The van der Waals surface area contributed by atoms with E-state index in [0.717, 1.165) is 31.5 Å². The summed E-state index contributed by atoms with van der Waals surface area (Å²) in [6, 6.07) is 5.68. The van der Waals surface area contributed by atoms with Gasteiger partial charge < -0.3 is 10.6 Å². The molecule has 1 aliphatic rings. The van der Waals surface area contributed by atoms with Crippen LogP contribution in [0.5, 0.6) is 0 Å². The van der Waals surface area contributed by atoms with E-state index in [2.05, 4.69) is 26.2 Å². The molecule has 1 amide bonds. The van der Waals surface area contributed by atoms with Crippen LogP contribution in [0.25, 0.3) is 0 Å². The van der Waals surface area contributed by atoms with Crippen LogP contribution in [-0.4, -0.2) is 45.2 Å². The van der Waals surface area contributed by atoms with Crippen LogP contribution < -0.4 is 10.6 Å².